The van der Waals surface area contributed by atoms with E-state index in [0.29, 0.717) is 5.92 Å². The van der Waals surface area contributed by atoms with Crippen molar-refractivity contribution in [3.05, 3.63) is 0 Å². The Morgan fingerprint density at radius 1 is 1.43 bits per heavy atom. The van der Waals surface area contributed by atoms with Crippen LogP contribution in [0.3, 0.4) is 0 Å². The molecule has 0 saturated heterocycles. The van der Waals surface area contributed by atoms with Gasteiger partial charge in [0.2, 0.25) is 0 Å². The molecule has 3 nitrogen and oxygen atoms in total. The van der Waals surface area contributed by atoms with Crippen LogP contribution in [0.25, 0.3) is 0 Å². The average Bonchev–Trinajstić information content (AvgIpc) is 2.27. The predicted molar refractivity (Wildman–Crippen MR) is 57.3 cm³/mol. The van der Waals surface area contributed by atoms with Crippen molar-refractivity contribution in [1.82, 2.24) is 5.43 Å². The van der Waals surface area contributed by atoms with Crippen LogP contribution in [0.2, 0.25) is 0 Å². The molecule has 1 fully saturated rings. The Morgan fingerprint density at radius 3 is 2.50 bits per heavy atom. The van der Waals surface area contributed by atoms with Gasteiger partial charge < -0.3 is 4.74 Å². The van der Waals surface area contributed by atoms with Crippen LogP contribution in [0.4, 0.5) is 0 Å². The molecule has 1 aliphatic rings. The second-order valence-electron chi connectivity index (χ2n) is 3.91. The van der Waals surface area contributed by atoms with Gasteiger partial charge in [0, 0.05) is 7.11 Å². The van der Waals surface area contributed by atoms with Crippen LogP contribution in [-0.2, 0) is 4.74 Å². The largest absolute Gasteiger partial charge is 0.378 e. The lowest BCUT2D eigenvalue weighted by Gasteiger charge is -2.32. The van der Waals surface area contributed by atoms with E-state index in [1.54, 1.807) is 7.11 Å². The lowest BCUT2D eigenvalue weighted by molar-refractivity contribution is 0.0218. The van der Waals surface area contributed by atoms with Gasteiger partial charge in [0.25, 0.3) is 0 Å². The Hall–Kier alpha value is -0.560. The zero-order valence-electron chi connectivity index (χ0n) is 8.83. The summed E-state index contributed by atoms with van der Waals surface area (Å²) in [4.78, 5) is 0. The number of nitrogens with one attached hydrogen (secondary N) is 1. The summed E-state index contributed by atoms with van der Waals surface area (Å²) in [5.41, 5.74) is 2.64. The molecule has 0 amide bonds. The average molecular weight is 196 g/mol. The van der Waals surface area contributed by atoms with Crippen LogP contribution in [-0.4, -0.2) is 19.3 Å². The van der Waals surface area contributed by atoms with E-state index < -0.39 is 0 Å². The fourth-order valence-electron chi connectivity index (χ4n) is 2.30. The maximum atomic E-state index is 5.45. The van der Waals surface area contributed by atoms with Crippen LogP contribution >= 0.6 is 0 Å². The molecule has 0 heterocycles. The van der Waals surface area contributed by atoms with Crippen molar-refractivity contribution in [3.8, 4) is 12.3 Å². The van der Waals surface area contributed by atoms with Crippen LogP contribution in [0.1, 0.15) is 32.1 Å². The first-order valence-corrected chi connectivity index (χ1v) is 5.28. The summed E-state index contributed by atoms with van der Waals surface area (Å²) >= 11 is 0. The Labute approximate surface area is 86.4 Å². The molecular formula is C11H20N2O. The normalized spacial score (nSPS) is 22.6. The molecule has 14 heavy (non-hydrogen) atoms. The number of rotatable bonds is 4. The molecule has 0 aromatic heterocycles. The first kappa shape index (κ1) is 11.5. The molecule has 1 rings (SSSR count). The summed E-state index contributed by atoms with van der Waals surface area (Å²) in [7, 11) is 1.71. The molecule has 2 atom stereocenters. The quantitative estimate of drug-likeness (QED) is 0.401. The summed E-state index contributed by atoms with van der Waals surface area (Å²) < 4.78 is 5.45. The van der Waals surface area contributed by atoms with Crippen LogP contribution < -0.4 is 11.3 Å². The molecule has 3 N–H and O–H groups in total. The minimum Gasteiger partial charge on any atom is -0.378 e. The first-order chi connectivity index (χ1) is 6.83. The van der Waals surface area contributed by atoms with Gasteiger partial charge in [-0.15, -0.1) is 6.42 Å². The number of hydrogen-bond donors (Lipinski definition) is 2. The summed E-state index contributed by atoms with van der Waals surface area (Å²) in [5.74, 6) is 8.59. The molecule has 0 radical (unpaired) electrons. The van der Waals surface area contributed by atoms with Crippen LogP contribution in [0, 0.1) is 18.3 Å². The first-order valence-electron chi connectivity index (χ1n) is 5.28. The molecule has 0 aromatic rings. The van der Waals surface area contributed by atoms with E-state index in [0.717, 1.165) is 0 Å². The van der Waals surface area contributed by atoms with Crippen molar-refractivity contribution in [2.75, 3.05) is 7.11 Å². The summed E-state index contributed by atoms with van der Waals surface area (Å²) in [6, 6.07) is -0.164. The van der Waals surface area contributed by atoms with Crippen molar-refractivity contribution < 1.29 is 4.74 Å². The number of terminal acetylenes is 1. The van der Waals surface area contributed by atoms with Gasteiger partial charge in [-0.2, -0.15) is 0 Å². The minimum atomic E-state index is -0.164. The zero-order chi connectivity index (χ0) is 10.4. The smallest absolute Gasteiger partial charge is 0.108 e. The van der Waals surface area contributed by atoms with Crippen molar-refractivity contribution in [3.63, 3.8) is 0 Å². The third kappa shape index (κ3) is 2.71. The van der Waals surface area contributed by atoms with E-state index in [-0.39, 0.29) is 12.1 Å². The lowest BCUT2D eigenvalue weighted by Crippen LogP contribution is -2.47. The SMILES string of the molecule is C#CC(NN)C(OC)C1CCCCC1. The van der Waals surface area contributed by atoms with Crippen molar-refractivity contribution in [2.45, 2.75) is 44.2 Å². The highest BCUT2D eigenvalue weighted by molar-refractivity contribution is 5.04. The molecule has 0 aliphatic heterocycles. The highest BCUT2D eigenvalue weighted by atomic mass is 16.5. The molecular weight excluding hydrogens is 176 g/mol. The maximum Gasteiger partial charge on any atom is 0.108 e. The Morgan fingerprint density at radius 2 is 2.07 bits per heavy atom. The molecule has 1 aliphatic carbocycles. The molecule has 3 heteroatoms. The fourth-order valence-corrected chi connectivity index (χ4v) is 2.30. The van der Waals surface area contributed by atoms with Gasteiger partial charge in [-0.1, -0.05) is 25.2 Å². The summed E-state index contributed by atoms with van der Waals surface area (Å²) in [5, 5.41) is 0. The van der Waals surface area contributed by atoms with Gasteiger partial charge in [0.1, 0.15) is 6.04 Å². The predicted octanol–water partition coefficient (Wildman–Crippen LogP) is 1.05. The van der Waals surface area contributed by atoms with E-state index in [2.05, 4.69) is 11.3 Å². The molecule has 80 valence electrons. The number of ether oxygens (including phenoxy) is 1. The molecule has 1 saturated carbocycles. The fraction of sp³-hybridized carbons (Fsp3) is 0.818. The van der Waals surface area contributed by atoms with E-state index in [1.165, 1.54) is 32.1 Å². The van der Waals surface area contributed by atoms with Gasteiger partial charge in [-0.3, -0.25) is 5.84 Å². The van der Waals surface area contributed by atoms with E-state index in [4.69, 9.17) is 17.0 Å². The van der Waals surface area contributed by atoms with Crippen molar-refractivity contribution in [1.29, 1.82) is 0 Å². The Kier molecular flexibility index (Phi) is 4.95. The topological polar surface area (TPSA) is 47.3 Å². The van der Waals surface area contributed by atoms with Gasteiger partial charge in [0.15, 0.2) is 0 Å². The van der Waals surface area contributed by atoms with Crippen molar-refractivity contribution in [2.24, 2.45) is 11.8 Å². The summed E-state index contributed by atoms with van der Waals surface area (Å²) in [6.07, 6.45) is 11.8. The second-order valence-corrected chi connectivity index (χ2v) is 3.91. The highest BCUT2D eigenvalue weighted by Crippen LogP contribution is 2.28. The van der Waals surface area contributed by atoms with Gasteiger partial charge in [-0.25, -0.2) is 5.43 Å². The number of methoxy groups -OCH3 is 1. The Balaban J connectivity index is 2.55. The van der Waals surface area contributed by atoms with Crippen molar-refractivity contribution >= 4 is 0 Å². The number of nitrogens with two attached hydrogens (primary N) is 1. The van der Waals surface area contributed by atoms with E-state index in [1.807, 2.05) is 0 Å². The molecule has 0 aromatic carbocycles. The third-order valence-electron chi connectivity index (χ3n) is 3.07. The van der Waals surface area contributed by atoms with E-state index >= 15 is 0 Å². The molecule has 2 unspecified atom stereocenters. The highest BCUT2D eigenvalue weighted by Gasteiger charge is 2.28. The third-order valence-corrected chi connectivity index (χ3v) is 3.07. The standard InChI is InChI=1S/C11H20N2O/c1-3-10(13-12)11(14-2)9-7-5-4-6-8-9/h1,9-11,13H,4-8,12H2,2H3. The van der Waals surface area contributed by atoms with Gasteiger partial charge >= 0.3 is 0 Å². The Bertz CT molecular complexity index is 194. The van der Waals surface area contributed by atoms with Gasteiger partial charge in [-0.05, 0) is 18.8 Å². The van der Waals surface area contributed by atoms with Gasteiger partial charge in [0.05, 0.1) is 6.10 Å². The van der Waals surface area contributed by atoms with Crippen LogP contribution in [0.15, 0.2) is 0 Å². The minimum absolute atomic E-state index is 0.0605. The maximum absolute atomic E-state index is 5.45. The lowest BCUT2D eigenvalue weighted by atomic mass is 9.83. The molecule has 0 spiro atoms. The zero-order valence-corrected chi connectivity index (χ0v) is 8.83. The monoisotopic (exact) mass is 196 g/mol. The number of hydrazine groups is 1. The van der Waals surface area contributed by atoms with Crippen LogP contribution in [0.5, 0.6) is 0 Å². The number of hydrogen-bond acceptors (Lipinski definition) is 3. The molecule has 0 bridgehead atoms. The summed E-state index contributed by atoms with van der Waals surface area (Å²) in [6.45, 7) is 0. The second kappa shape index (κ2) is 6.02. The van der Waals surface area contributed by atoms with E-state index in [9.17, 15) is 0 Å².